The Morgan fingerprint density at radius 2 is 1.88 bits per heavy atom. The van der Waals surface area contributed by atoms with Gasteiger partial charge >= 0.3 is 0 Å². The van der Waals surface area contributed by atoms with E-state index in [2.05, 4.69) is 15.9 Å². The molecule has 0 amide bonds. The van der Waals surface area contributed by atoms with E-state index in [-0.39, 0.29) is 11.3 Å². The van der Waals surface area contributed by atoms with Crippen LogP contribution in [0.1, 0.15) is 31.2 Å². The maximum absolute atomic E-state index is 14.0. The van der Waals surface area contributed by atoms with Gasteiger partial charge < -0.3 is 10.5 Å². The average molecular weight is 306 g/mol. The lowest BCUT2D eigenvalue weighted by molar-refractivity contribution is 0.356. The molecular formula is C12H14BrF2NO. The van der Waals surface area contributed by atoms with E-state index in [1.807, 2.05) is 0 Å². The van der Waals surface area contributed by atoms with Crippen LogP contribution in [0.4, 0.5) is 8.78 Å². The molecule has 0 aliphatic heterocycles. The molecule has 5 heteroatoms. The van der Waals surface area contributed by atoms with Crippen LogP contribution < -0.4 is 10.5 Å². The minimum atomic E-state index is -0.978. The van der Waals surface area contributed by atoms with E-state index in [0.29, 0.717) is 17.3 Å². The molecule has 0 atom stereocenters. The van der Waals surface area contributed by atoms with E-state index in [9.17, 15) is 8.78 Å². The molecule has 0 spiro atoms. The summed E-state index contributed by atoms with van der Waals surface area (Å²) in [7, 11) is 1.30. The van der Waals surface area contributed by atoms with Crippen LogP contribution in [0.2, 0.25) is 0 Å². The van der Waals surface area contributed by atoms with Crippen molar-refractivity contribution >= 4 is 15.9 Å². The average Bonchev–Trinajstić information content (AvgIpc) is 2.72. The van der Waals surface area contributed by atoms with Gasteiger partial charge in [0.1, 0.15) is 0 Å². The minimum absolute atomic E-state index is 0.118. The zero-order chi connectivity index (χ0) is 12.6. The number of rotatable bonds is 2. The van der Waals surface area contributed by atoms with E-state index in [0.717, 1.165) is 12.8 Å². The summed E-state index contributed by atoms with van der Waals surface area (Å²) in [4.78, 5) is 0. The number of hydrogen-bond acceptors (Lipinski definition) is 2. The zero-order valence-electron chi connectivity index (χ0n) is 9.53. The topological polar surface area (TPSA) is 35.2 Å². The molecule has 0 radical (unpaired) electrons. The maximum atomic E-state index is 14.0. The van der Waals surface area contributed by atoms with Gasteiger partial charge in [0.2, 0.25) is 5.82 Å². The number of hydrogen-bond donors (Lipinski definition) is 1. The molecule has 1 aliphatic rings. The van der Waals surface area contributed by atoms with Gasteiger partial charge in [0.25, 0.3) is 0 Å². The second-order valence-electron chi connectivity index (χ2n) is 4.43. The van der Waals surface area contributed by atoms with Crippen LogP contribution in [0.25, 0.3) is 0 Å². The first-order valence-electron chi connectivity index (χ1n) is 5.50. The Kier molecular flexibility index (Phi) is 3.41. The van der Waals surface area contributed by atoms with Crippen molar-refractivity contribution in [3.05, 3.63) is 27.7 Å². The van der Waals surface area contributed by atoms with E-state index in [1.54, 1.807) is 0 Å². The van der Waals surface area contributed by atoms with Gasteiger partial charge in [-0.2, -0.15) is 4.39 Å². The van der Waals surface area contributed by atoms with Gasteiger partial charge in [-0.25, -0.2) is 4.39 Å². The Morgan fingerprint density at radius 1 is 1.29 bits per heavy atom. The van der Waals surface area contributed by atoms with Crippen molar-refractivity contribution in [1.82, 2.24) is 0 Å². The summed E-state index contributed by atoms with van der Waals surface area (Å²) in [6.45, 7) is 0. The molecule has 2 rings (SSSR count). The predicted octanol–water partition coefficient (Wildman–Crippen LogP) is 3.46. The molecule has 0 bridgehead atoms. The van der Waals surface area contributed by atoms with Crippen molar-refractivity contribution in [1.29, 1.82) is 0 Å². The van der Waals surface area contributed by atoms with E-state index in [4.69, 9.17) is 10.5 Å². The molecule has 0 heterocycles. The van der Waals surface area contributed by atoms with Crippen LogP contribution in [0.3, 0.4) is 0 Å². The normalized spacial score (nSPS) is 18.4. The Morgan fingerprint density at radius 3 is 2.41 bits per heavy atom. The van der Waals surface area contributed by atoms with Crippen molar-refractivity contribution in [3.8, 4) is 5.75 Å². The van der Waals surface area contributed by atoms with Crippen LogP contribution in [0, 0.1) is 11.6 Å². The minimum Gasteiger partial charge on any atom is -0.492 e. The lowest BCUT2D eigenvalue weighted by Crippen LogP contribution is -2.34. The first-order chi connectivity index (χ1) is 7.99. The van der Waals surface area contributed by atoms with Gasteiger partial charge in [0.15, 0.2) is 11.6 Å². The first-order valence-corrected chi connectivity index (χ1v) is 6.30. The quantitative estimate of drug-likeness (QED) is 0.849. The maximum Gasteiger partial charge on any atom is 0.202 e. The lowest BCUT2D eigenvalue weighted by atomic mass is 9.89. The highest BCUT2D eigenvalue weighted by Crippen LogP contribution is 2.41. The molecule has 1 fully saturated rings. The van der Waals surface area contributed by atoms with Crippen LogP contribution in [0.15, 0.2) is 10.5 Å². The van der Waals surface area contributed by atoms with Gasteiger partial charge in [-0.15, -0.1) is 0 Å². The highest BCUT2D eigenvalue weighted by atomic mass is 79.9. The summed E-state index contributed by atoms with van der Waals surface area (Å²) < 4.78 is 32.9. The van der Waals surface area contributed by atoms with Crippen molar-refractivity contribution in [3.63, 3.8) is 0 Å². The molecule has 0 saturated heterocycles. The number of ether oxygens (including phenoxy) is 1. The Balaban J connectivity index is 2.56. The van der Waals surface area contributed by atoms with Crippen molar-refractivity contribution in [2.45, 2.75) is 31.2 Å². The number of methoxy groups -OCH3 is 1. The van der Waals surface area contributed by atoms with E-state index >= 15 is 0 Å². The van der Waals surface area contributed by atoms with Crippen LogP contribution in [0.5, 0.6) is 5.75 Å². The van der Waals surface area contributed by atoms with Gasteiger partial charge in [-0.05, 0) is 34.8 Å². The molecule has 1 aromatic rings. The molecule has 2 nitrogen and oxygen atoms in total. The summed E-state index contributed by atoms with van der Waals surface area (Å²) >= 11 is 3.18. The van der Waals surface area contributed by atoms with Gasteiger partial charge in [-0.3, -0.25) is 0 Å². The summed E-state index contributed by atoms with van der Waals surface area (Å²) in [6, 6.07) is 1.53. The largest absolute Gasteiger partial charge is 0.492 e. The molecule has 0 aromatic heterocycles. The Labute approximate surface area is 107 Å². The number of benzene rings is 1. The van der Waals surface area contributed by atoms with Gasteiger partial charge in [0.05, 0.1) is 11.6 Å². The second kappa shape index (κ2) is 4.53. The second-order valence-corrected chi connectivity index (χ2v) is 5.28. The third-order valence-corrected chi connectivity index (χ3v) is 3.94. The van der Waals surface area contributed by atoms with Gasteiger partial charge in [0, 0.05) is 11.1 Å². The van der Waals surface area contributed by atoms with Gasteiger partial charge in [-0.1, -0.05) is 12.8 Å². The van der Waals surface area contributed by atoms with Crippen LogP contribution in [-0.2, 0) is 5.54 Å². The predicted molar refractivity (Wildman–Crippen MR) is 64.9 cm³/mol. The Bertz CT molecular complexity index is 445. The first kappa shape index (κ1) is 12.8. The number of halogens is 3. The highest BCUT2D eigenvalue weighted by Gasteiger charge is 2.36. The summed E-state index contributed by atoms with van der Waals surface area (Å²) in [6.07, 6.45) is 3.26. The SMILES string of the molecule is COc1c(Br)cc(C2(N)CCCC2)c(F)c1F. The third kappa shape index (κ3) is 2.06. The smallest absolute Gasteiger partial charge is 0.202 e. The molecule has 1 saturated carbocycles. The third-order valence-electron chi connectivity index (χ3n) is 3.35. The lowest BCUT2D eigenvalue weighted by Gasteiger charge is -2.25. The summed E-state index contributed by atoms with van der Waals surface area (Å²) in [5.41, 5.74) is 5.63. The standard InChI is InChI=1S/C12H14BrF2NO/c1-17-11-8(13)6-7(9(14)10(11)15)12(16)4-2-3-5-12/h6H,2-5,16H2,1H3. The van der Waals surface area contributed by atoms with E-state index in [1.165, 1.54) is 13.2 Å². The summed E-state index contributed by atoms with van der Waals surface area (Å²) in [5, 5.41) is 0. The monoisotopic (exact) mass is 305 g/mol. The fourth-order valence-corrected chi connectivity index (χ4v) is 2.97. The van der Waals surface area contributed by atoms with Crippen molar-refractivity contribution < 1.29 is 13.5 Å². The Hall–Kier alpha value is -0.680. The van der Waals surface area contributed by atoms with Crippen LogP contribution in [-0.4, -0.2) is 7.11 Å². The van der Waals surface area contributed by atoms with Crippen molar-refractivity contribution in [2.75, 3.05) is 7.11 Å². The van der Waals surface area contributed by atoms with Crippen LogP contribution >= 0.6 is 15.9 Å². The molecule has 1 aromatic carbocycles. The zero-order valence-corrected chi connectivity index (χ0v) is 11.1. The highest BCUT2D eigenvalue weighted by molar-refractivity contribution is 9.10. The van der Waals surface area contributed by atoms with E-state index < -0.39 is 17.2 Å². The fraction of sp³-hybridized carbons (Fsp3) is 0.500. The van der Waals surface area contributed by atoms with Crippen molar-refractivity contribution in [2.24, 2.45) is 5.73 Å². The molecule has 94 valence electrons. The molecule has 1 aliphatic carbocycles. The molecule has 0 unspecified atom stereocenters. The number of nitrogens with two attached hydrogens (primary N) is 1. The molecule has 2 N–H and O–H groups in total. The fourth-order valence-electron chi connectivity index (χ4n) is 2.40. The molecule has 17 heavy (non-hydrogen) atoms. The molecular weight excluding hydrogens is 292 g/mol. The summed E-state index contributed by atoms with van der Waals surface area (Å²) in [5.74, 6) is -1.99.